The molecule has 0 fully saturated rings. The maximum atomic E-state index is 5.49. The quantitative estimate of drug-likeness (QED) is 0.732. The summed E-state index contributed by atoms with van der Waals surface area (Å²) in [5.74, 6) is 1.25. The lowest BCUT2D eigenvalue weighted by molar-refractivity contribution is 0.285. The zero-order valence-corrected chi connectivity index (χ0v) is 8.54. The lowest BCUT2D eigenvalue weighted by Gasteiger charge is -2.17. The van der Waals surface area contributed by atoms with Crippen molar-refractivity contribution in [1.29, 1.82) is 0 Å². The standard InChI is InChI=1S/C9H18N4/c1-7(2)5-13(3)6-8-4-9(10)12-11-8/h4,7H,5-6H2,1-3H3,(H3,10,11,12). The SMILES string of the molecule is CC(C)CN(C)Cc1cc(N)n[nH]1. The molecule has 0 spiro atoms. The summed E-state index contributed by atoms with van der Waals surface area (Å²) in [7, 11) is 2.09. The fraction of sp³-hybridized carbons (Fsp3) is 0.667. The lowest BCUT2D eigenvalue weighted by Crippen LogP contribution is -2.22. The van der Waals surface area contributed by atoms with Gasteiger partial charge >= 0.3 is 0 Å². The summed E-state index contributed by atoms with van der Waals surface area (Å²) in [6.07, 6.45) is 0. The molecule has 4 nitrogen and oxygen atoms in total. The maximum Gasteiger partial charge on any atom is 0.145 e. The number of aromatic amines is 1. The summed E-state index contributed by atoms with van der Waals surface area (Å²) >= 11 is 0. The predicted molar refractivity (Wildman–Crippen MR) is 54.2 cm³/mol. The Morgan fingerprint density at radius 1 is 1.62 bits per heavy atom. The summed E-state index contributed by atoms with van der Waals surface area (Å²) in [5.41, 5.74) is 6.56. The van der Waals surface area contributed by atoms with Crippen LogP contribution < -0.4 is 5.73 Å². The number of nitrogens with two attached hydrogens (primary N) is 1. The summed E-state index contributed by atoms with van der Waals surface area (Å²) in [4.78, 5) is 2.25. The molecule has 74 valence electrons. The fourth-order valence-electron chi connectivity index (χ4n) is 1.44. The first-order valence-corrected chi connectivity index (χ1v) is 4.56. The number of nitrogen functional groups attached to an aromatic ring is 1. The summed E-state index contributed by atoms with van der Waals surface area (Å²) in [6, 6.07) is 1.87. The first-order valence-electron chi connectivity index (χ1n) is 4.56. The van der Waals surface area contributed by atoms with Crippen molar-refractivity contribution in [2.45, 2.75) is 20.4 Å². The van der Waals surface area contributed by atoms with Crippen LogP contribution in [0.25, 0.3) is 0 Å². The molecule has 13 heavy (non-hydrogen) atoms. The number of aromatic nitrogens is 2. The van der Waals surface area contributed by atoms with E-state index in [0.717, 1.165) is 18.8 Å². The molecule has 0 aliphatic carbocycles. The van der Waals surface area contributed by atoms with E-state index in [1.54, 1.807) is 0 Å². The van der Waals surface area contributed by atoms with Crippen molar-refractivity contribution in [2.24, 2.45) is 5.92 Å². The van der Waals surface area contributed by atoms with Gasteiger partial charge in [0, 0.05) is 19.2 Å². The fourth-order valence-corrected chi connectivity index (χ4v) is 1.44. The van der Waals surface area contributed by atoms with Gasteiger partial charge in [-0.05, 0) is 13.0 Å². The monoisotopic (exact) mass is 182 g/mol. The average molecular weight is 182 g/mol. The van der Waals surface area contributed by atoms with Crippen LogP contribution in [0.15, 0.2) is 6.07 Å². The Morgan fingerprint density at radius 3 is 2.77 bits per heavy atom. The van der Waals surface area contributed by atoms with Crippen LogP contribution in [0.2, 0.25) is 0 Å². The molecule has 0 saturated carbocycles. The van der Waals surface area contributed by atoms with Gasteiger partial charge in [-0.3, -0.25) is 5.10 Å². The maximum absolute atomic E-state index is 5.49. The van der Waals surface area contributed by atoms with Gasteiger partial charge in [-0.1, -0.05) is 13.8 Å². The van der Waals surface area contributed by atoms with Crippen molar-refractivity contribution in [3.05, 3.63) is 11.8 Å². The highest BCUT2D eigenvalue weighted by Crippen LogP contribution is 2.05. The largest absolute Gasteiger partial charge is 0.382 e. The highest BCUT2D eigenvalue weighted by molar-refractivity contribution is 5.28. The Balaban J connectivity index is 2.40. The zero-order valence-electron chi connectivity index (χ0n) is 8.54. The van der Waals surface area contributed by atoms with Crippen molar-refractivity contribution in [3.63, 3.8) is 0 Å². The second-order valence-electron chi connectivity index (χ2n) is 3.91. The number of H-pyrrole nitrogens is 1. The number of hydrogen-bond acceptors (Lipinski definition) is 3. The van der Waals surface area contributed by atoms with Crippen LogP contribution >= 0.6 is 0 Å². The second-order valence-corrected chi connectivity index (χ2v) is 3.91. The van der Waals surface area contributed by atoms with Crippen LogP contribution in [-0.4, -0.2) is 28.7 Å². The first kappa shape index (κ1) is 10.1. The van der Waals surface area contributed by atoms with E-state index in [0.29, 0.717) is 11.7 Å². The molecule has 3 N–H and O–H groups in total. The Hall–Kier alpha value is -1.03. The van der Waals surface area contributed by atoms with Crippen molar-refractivity contribution < 1.29 is 0 Å². The summed E-state index contributed by atoms with van der Waals surface area (Å²) in [5, 5.41) is 6.77. The van der Waals surface area contributed by atoms with Crippen molar-refractivity contribution >= 4 is 5.82 Å². The van der Waals surface area contributed by atoms with Crippen molar-refractivity contribution in [1.82, 2.24) is 15.1 Å². The van der Waals surface area contributed by atoms with Crippen LogP contribution in [0.1, 0.15) is 19.5 Å². The Bertz CT molecular complexity index is 254. The Labute approximate surface area is 79.1 Å². The normalized spacial score (nSPS) is 11.5. The third kappa shape index (κ3) is 3.46. The van der Waals surface area contributed by atoms with Crippen molar-refractivity contribution in [2.75, 3.05) is 19.3 Å². The van der Waals surface area contributed by atoms with Gasteiger partial charge in [-0.2, -0.15) is 5.10 Å². The van der Waals surface area contributed by atoms with Gasteiger partial charge in [-0.15, -0.1) is 0 Å². The van der Waals surface area contributed by atoms with E-state index in [9.17, 15) is 0 Å². The molecule has 1 heterocycles. The van der Waals surface area contributed by atoms with Crippen LogP contribution in [0.3, 0.4) is 0 Å². The van der Waals surface area contributed by atoms with Gasteiger partial charge in [0.2, 0.25) is 0 Å². The van der Waals surface area contributed by atoms with E-state index in [4.69, 9.17) is 5.73 Å². The van der Waals surface area contributed by atoms with Crippen LogP contribution in [-0.2, 0) is 6.54 Å². The zero-order chi connectivity index (χ0) is 9.84. The number of rotatable bonds is 4. The molecule has 0 atom stereocenters. The van der Waals surface area contributed by atoms with Crippen LogP contribution in [0.4, 0.5) is 5.82 Å². The molecule has 0 radical (unpaired) electrons. The second kappa shape index (κ2) is 4.28. The highest BCUT2D eigenvalue weighted by Gasteiger charge is 2.04. The molecule has 0 aliphatic rings. The van der Waals surface area contributed by atoms with Gasteiger partial charge in [0.05, 0.1) is 5.69 Å². The number of nitrogens with zero attached hydrogens (tertiary/aromatic N) is 2. The molecule has 4 heteroatoms. The number of nitrogens with one attached hydrogen (secondary N) is 1. The van der Waals surface area contributed by atoms with Gasteiger partial charge in [0.25, 0.3) is 0 Å². The minimum absolute atomic E-state index is 0.563. The van der Waals surface area contributed by atoms with E-state index >= 15 is 0 Å². The third-order valence-electron chi connectivity index (χ3n) is 1.77. The third-order valence-corrected chi connectivity index (χ3v) is 1.77. The molecular weight excluding hydrogens is 164 g/mol. The van der Waals surface area contributed by atoms with Gasteiger partial charge in [-0.25, -0.2) is 0 Å². The predicted octanol–water partition coefficient (Wildman–Crippen LogP) is 1.08. The smallest absolute Gasteiger partial charge is 0.145 e. The van der Waals surface area contributed by atoms with E-state index in [1.807, 2.05) is 6.07 Å². The summed E-state index contributed by atoms with van der Waals surface area (Å²) < 4.78 is 0. The van der Waals surface area contributed by atoms with Gasteiger partial charge < -0.3 is 10.6 Å². The minimum atomic E-state index is 0.563. The molecule has 1 aromatic heterocycles. The molecule has 0 unspecified atom stereocenters. The molecule has 0 amide bonds. The molecule has 0 aliphatic heterocycles. The van der Waals surface area contributed by atoms with Crippen molar-refractivity contribution in [3.8, 4) is 0 Å². The van der Waals surface area contributed by atoms with E-state index in [2.05, 4.69) is 36.0 Å². The average Bonchev–Trinajstić information content (AvgIpc) is 2.33. The lowest BCUT2D eigenvalue weighted by atomic mass is 10.2. The first-order chi connectivity index (χ1) is 6.08. The van der Waals surface area contributed by atoms with Gasteiger partial charge in [0.15, 0.2) is 0 Å². The molecular formula is C9H18N4. The highest BCUT2D eigenvalue weighted by atomic mass is 15.2. The molecule has 0 aromatic carbocycles. The summed E-state index contributed by atoms with van der Waals surface area (Å²) in [6.45, 7) is 6.37. The molecule has 0 bridgehead atoms. The molecule has 0 saturated heterocycles. The van der Waals surface area contributed by atoms with E-state index < -0.39 is 0 Å². The van der Waals surface area contributed by atoms with Crippen LogP contribution in [0, 0.1) is 5.92 Å². The van der Waals surface area contributed by atoms with E-state index in [1.165, 1.54) is 0 Å². The van der Waals surface area contributed by atoms with E-state index in [-0.39, 0.29) is 0 Å². The molecule has 1 aromatic rings. The number of hydrogen-bond donors (Lipinski definition) is 2. The topological polar surface area (TPSA) is 57.9 Å². The molecule has 1 rings (SSSR count). The number of anilines is 1. The Kier molecular flexibility index (Phi) is 3.31. The van der Waals surface area contributed by atoms with Gasteiger partial charge in [0.1, 0.15) is 5.82 Å². The van der Waals surface area contributed by atoms with Crippen LogP contribution in [0.5, 0.6) is 0 Å². The minimum Gasteiger partial charge on any atom is -0.382 e. The Morgan fingerprint density at radius 2 is 2.31 bits per heavy atom.